The zero-order valence-electron chi connectivity index (χ0n) is 10.9. The van der Waals surface area contributed by atoms with Gasteiger partial charge in [0, 0.05) is 31.3 Å². The highest BCUT2D eigenvalue weighted by molar-refractivity contribution is 5.35. The summed E-state index contributed by atoms with van der Waals surface area (Å²) in [5.41, 5.74) is 0.787. The van der Waals surface area contributed by atoms with Crippen molar-refractivity contribution in [2.45, 2.75) is 19.4 Å². The van der Waals surface area contributed by atoms with Crippen LogP contribution in [-0.2, 0) is 4.74 Å². The molecule has 1 fully saturated rings. The van der Waals surface area contributed by atoms with E-state index in [1.807, 2.05) is 6.92 Å². The molecule has 100 valence electrons. The van der Waals surface area contributed by atoms with E-state index in [4.69, 9.17) is 4.74 Å². The van der Waals surface area contributed by atoms with Gasteiger partial charge in [-0.1, -0.05) is 6.07 Å². The van der Waals surface area contributed by atoms with Gasteiger partial charge >= 0.3 is 0 Å². The smallest absolute Gasteiger partial charge is 0.126 e. The Kier molecular flexibility index (Phi) is 4.19. The van der Waals surface area contributed by atoms with Crippen molar-refractivity contribution in [2.75, 3.05) is 26.8 Å². The molecule has 2 rings (SSSR count). The van der Waals surface area contributed by atoms with Crippen LogP contribution < -0.4 is 0 Å². The first-order valence-corrected chi connectivity index (χ1v) is 6.33. The summed E-state index contributed by atoms with van der Waals surface area (Å²) < 4.78 is 18.1. The number of benzene rings is 1. The molecule has 3 nitrogen and oxygen atoms in total. The SMILES string of the molecule is COCC1CCN(C(C)c2ccc(F)cc2O)C1. The molecular weight excluding hydrogens is 233 g/mol. The summed E-state index contributed by atoms with van der Waals surface area (Å²) in [6.07, 6.45) is 1.11. The lowest BCUT2D eigenvalue weighted by molar-refractivity contribution is 0.148. The third-order valence-electron chi connectivity index (χ3n) is 3.71. The molecule has 18 heavy (non-hydrogen) atoms. The molecule has 2 unspecified atom stereocenters. The second kappa shape index (κ2) is 5.67. The van der Waals surface area contributed by atoms with Crippen molar-refractivity contribution < 1.29 is 14.2 Å². The Morgan fingerprint density at radius 1 is 1.56 bits per heavy atom. The molecule has 1 aliphatic heterocycles. The molecule has 1 N–H and O–H groups in total. The van der Waals surface area contributed by atoms with Crippen LogP contribution in [0.3, 0.4) is 0 Å². The maximum absolute atomic E-state index is 13.0. The van der Waals surface area contributed by atoms with Crippen LogP contribution in [0.4, 0.5) is 4.39 Å². The number of likely N-dealkylation sites (tertiary alicyclic amines) is 1. The maximum Gasteiger partial charge on any atom is 0.126 e. The average molecular weight is 253 g/mol. The zero-order chi connectivity index (χ0) is 13.1. The van der Waals surface area contributed by atoms with E-state index >= 15 is 0 Å². The average Bonchev–Trinajstić information content (AvgIpc) is 2.77. The second-order valence-corrected chi connectivity index (χ2v) is 4.98. The number of phenols is 1. The third kappa shape index (κ3) is 2.82. The van der Waals surface area contributed by atoms with Gasteiger partial charge in [-0.2, -0.15) is 0 Å². The van der Waals surface area contributed by atoms with Gasteiger partial charge in [-0.25, -0.2) is 4.39 Å². The van der Waals surface area contributed by atoms with Gasteiger partial charge in [-0.15, -0.1) is 0 Å². The van der Waals surface area contributed by atoms with Crippen LogP contribution in [0.25, 0.3) is 0 Å². The van der Waals surface area contributed by atoms with Crippen molar-refractivity contribution in [2.24, 2.45) is 5.92 Å². The first-order chi connectivity index (χ1) is 8.61. The maximum atomic E-state index is 13.0. The molecule has 0 spiro atoms. The Morgan fingerprint density at radius 3 is 3.00 bits per heavy atom. The lowest BCUT2D eigenvalue weighted by Gasteiger charge is -2.25. The number of methoxy groups -OCH3 is 1. The number of hydrogen-bond acceptors (Lipinski definition) is 3. The summed E-state index contributed by atoms with van der Waals surface area (Å²) >= 11 is 0. The molecule has 2 atom stereocenters. The Morgan fingerprint density at radius 2 is 2.33 bits per heavy atom. The van der Waals surface area contributed by atoms with E-state index in [0.29, 0.717) is 5.92 Å². The third-order valence-corrected chi connectivity index (χ3v) is 3.71. The fourth-order valence-corrected chi connectivity index (χ4v) is 2.65. The second-order valence-electron chi connectivity index (χ2n) is 4.98. The summed E-state index contributed by atoms with van der Waals surface area (Å²) in [6, 6.07) is 4.34. The number of ether oxygens (including phenoxy) is 1. The van der Waals surface area contributed by atoms with E-state index in [0.717, 1.165) is 31.7 Å². The molecular formula is C14H20FNO2. The predicted octanol–water partition coefficient (Wildman–Crippen LogP) is 2.56. The summed E-state index contributed by atoms with van der Waals surface area (Å²) in [5, 5.41) is 9.80. The van der Waals surface area contributed by atoms with Gasteiger partial charge < -0.3 is 9.84 Å². The molecule has 0 aliphatic carbocycles. The van der Waals surface area contributed by atoms with Gasteiger partial charge in [0.15, 0.2) is 0 Å². The van der Waals surface area contributed by atoms with Crippen LogP contribution in [0.1, 0.15) is 24.9 Å². The summed E-state index contributed by atoms with van der Waals surface area (Å²) in [6.45, 7) is 4.78. The van der Waals surface area contributed by atoms with Crippen molar-refractivity contribution in [3.05, 3.63) is 29.6 Å². The highest BCUT2D eigenvalue weighted by Crippen LogP contribution is 2.32. The molecule has 1 aromatic carbocycles. The zero-order valence-corrected chi connectivity index (χ0v) is 10.9. The topological polar surface area (TPSA) is 32.7 Å². The minimum atomic E-state index is -0.401. The number of rotatable bonds is 4. The van der Waals surface area contributed by atoms with E-state index in [-0.39, 0.29) is 11.8 Å². The molecule has 0 bridgehead atoms. The molecule has 0 aromatic heterocycles. The van der Waals surface area contributed by atoms with Crippen LogP contribution in [0, 0.1) is 11.7 Å². The van der Waals surface area contributed by atoms with Crippen LogP contribution >= 0.6 is 0 Å². The van der Waals surface area contributed by atoms with Crippen LogP contribution in [0.5, 0.6) is 5.75 Å². The Bertz CT molecular complexity index is 411. The Hall–Kier alpha value is -1.13. The molecule has 1 aromatic rings. The molecule has 1 saturated heterocycles. The van der Waals surface area contributed by atoms with E-state index < -0.39 is 5.82 Å². The predicted molar refractivity (Wildman–Crippen MR) is 68.0 cm³/mol. The normalized spacial score (nSPS) is 22.3. The number of hydrogen-bond donors (Lipinski definition) is 1. The molecule has 0 saturated carbocycles. The van der Waals surface area contributed by atoms with Crippen molar-refractivity contribution in [1.29, 1.82) is 0 Å². The first kappa shape index (κ1) is 13.3. The fourth-order valence-electron chi connectivity index (χ4n) is 2.65. The quantitative estimate of drug-likeness (QED) is 0.895. The van der Waals surface area contributed by atoms with Gasteiger partial charge in [-0.3, -0.25) is 4.90 Å². The number of nitrogens with zero attached hydrogens (tertiary/aromatic N) is 1. The first-order valence-electron chi connectivity index (χ1n) is 6.33. The van der Waals surface area contributed by atoms with E-state index in [1.165, 1.54) is 12.1 Å². The minimum absolute atomic E-state index is 0.0395. The Balaban J connectivity index is 2.05. The van der Waals surface area contributed by atoms with Crippen molar-refractivity contribution >= 4 is 0 Å². The number of phenolic OH excluding ortho intramolecular Hbond substituents is 1. The number of aromatic hydroxyl groups is 1. The van der Waals surface area contributed by atoms with Gasteiger partial charge in [-0.05, 0) is 31.9 Å². The van der Waals surface area contributed by atoms with Gasteiger partial charge in [0.25, 0.3) is 0 Å². The van der Waals surface area contributed by atoms with E-state index in [9.17, 15) is 9.50 Å². The Labute approximate surface area is 107 Å². The molecule has 4 heteroatoms. The fraction of sp³-hybridized carbons (Fsp3) is 0.571. The lowest BCUT2D eigenvalue weighted by Crippen LogP contribution is -2.25. The van der Waals surface area contributed by atoms with Gasteiger partial charge in [0.1, 0.15) is 11.6 Å². The number of halogens is 1. The van der Waals surface area contributed by atoms with Gasteiger partial charge in [0.05, 0.1) is 6.61 Å². The molecule has 0 amide bonds. The molecule has 0 radical (unpaired) electrons. The molecule has 1 heterocycles. The summed E-state index contributed by atoms with van der Waals surface area (Å²) in [5.74, 6) is 0.194. The highest BCUT2D eigenvalue weighted by atomic mass is 19.1. The van der Waals surface area contributed by atoms with Crippen LogP contribution in [0.15, 0.2) is 18.2 Å². The van der Waals surface area contributed by atoms with E-state index in [1.54, 1.807) is 13.2 Å². The largest absolute Gasteiger partial charge is 0.508 e. The highest BCUT2D eigenvalue weighted by Gasteiger charge is 2.27. The van der Waals surface area contributed by atoms with Gasteiger partial charge in [0.2, 0.25) is 0 Å². The van der Waals surface area contributed by atoms with E-state index in [2.05, 4.69) is 4.90 Å². The van der Waals surface area contributed by atoms with Crippen molar-refractivity contribution in [3.63, 3.8) is 0 Å². The molecule has 1 aliphatic rings. The standard InChI is InChI=1S/C14H20FNO2/c1-10(13-4-3-12(15)7-14(13)17)16-6-5-11(8-16)9-18-2/h3-4,7,10-11,17H,5-6,8-9H2,1-2H3. The minimum Gasteiger partial charge on any atom is -0.508 e. The van der Waals surface area contributed by atoms with Crippen LogP contribution in [0.2, 0.25) is 0 Å². The monoisotopic (exact) mass is 253 g/mol. The van der Waals surface area contributed by atoms with Crippen molar-refractivity contribution in [3.8, 4) is 5.75 Å². The van der Waals surface area contributed by atoms with Crippen LogP contribution in [-0.4, -0.2) is 36.8 Å². The lowest BCUT2D eigenvalue weighted by atomic mass is 10.1. The summed E-state index contributed by atoms with van der Waals surface area (Å²) in [7, 11) is 1.72. The van der Waals surface area contributed by atoms with Crippen molar-refractivity contribution in [1.82, 2.24) is 4.90 Å². The summed E-state index contributed by atoms with van der Waals surface area (Å²) in [4.78, 5) is 2.30.